The van der Waals surface area contributed by atoms with Crippen molar-refractivity contribution in [1.29, 1.82) is 0 Å². The number of allylic oxidation sites excluding steroid dienone is 1. The van der Waals surface area contributed by atoms with Gasteiger partial charge < -0.3 is 10.1 Å². The Labute approximate surface area is 135 Å². The zero-order chi connectivity index (χ0) is 16.2. The molecule has 0 spiro atoms. The summed E-state index contributed by atoms with van der Waals surface area (Å²) in [6, 6.07) is 3.85. The molecule has 0 amide bonds. The van der Waals surface area contributed by atoms with Gasteiger partial charge in [0.2, 0.25) is 0 Å². The van der Waals surface area contributed by atoms with Crippen molar-refractivity contribution in [2.45, 2.75) is 32.6 Å². The van der Waals surface area contributed by atoms with Crippen LogP contribution in [0.5, 0.6) is 0 Å². The number of aromatic nitrogens is 3. The van der Waals surface area contributed by atoms with Crippen molar-refractivity contribution in [2.75, 3.05) is 11.9 Å². The molecule has 0 fully saturated rings. The Hall–Kier alpha value is -2.63. The number of aromatic amines is 1. The van der Waals surface area contributed by atoms with E-state index in [4.69, 9.17) is 4.74 Å². The van der Waals surface area contributed by atoms with Crippen LogP contribution in [0, 0.1) is 0 Å². The van der Waals surface area contributed by atoms with Crippen LogP contribution < -0.4 is 5.32 Å². The molecule has 0 aliphatic carbocycles. The molecular weight excluding hydrogens is 292 g/mol. The summed E-state index contributed by atoms with van der Waals surface area (Å²) >= 11 is 0. The number of pyridine rings is 1. The molecule has 2 aromatic rings. The molecule has 0 saturated carbocycles. The van der Waals surface area contributed by atoms with Gasteiger partial charge in [0.05, 0.1) is 18.4 Å². The number of ether oxygens (including phenoxy) is 1. The summed E-state index contributed by atoms with van der Waals surface area (Å²) in [5.41, 5.74) is 3.42. The molecule has 2 N–H and O–H groups in total. The third-order valence-electron chi connectivity index (χ3n) is 3.88. The van der Waals surface area contributed by atoms with Crippen molar-refractivity contribution in [3.05, 3.63) is 53.1 Å². The average molecular weight is 312 g/mol. The third-order valence-corrected chi connectivity index (χ3v) is 3.88. The zero-order valence-corrected chi connectivity index (χ0v) is 13.3. The second kappa shape index (κ2) is 6.64. The molecule has 0 radical (unpaired) electrons. The van der Waals surface area contributed by atoms with Crippen LogP contribution in [0.3, 0.4) is 0 Å². The Balaban J connectivity index is 2.15. The van der Waals surface area contributed by atoms with Crippen molar-refractivity contribution in [1.82, 2.24) is 15.2 Å². The SMILES string of the molecule is CCCC1=C(C(=O)OCC)C(c2cccnc2)c2cn[nH]c2N1. The Morgan fingerprint density at radius 1 is 1.35 bits per heavy atom. The van der Waals surface area contributed by atoms with E-state index in [0.29, 0.717) is 12.2 Å². The number of H-pyrrole nitrogens is 1. The molecule has 1 aliphatic heterocycles. The Morgan fingerprint density at radius 2 is 2.22 bits per heavy atom. The summed E-state index contributed by atoms with van der Waals surface area (Å²) in [4.78, 5) is 16.8. The topological polar surface area (TPSA) is 79.9 Å². The molecule has 0 bridgehead atoms. The fourth-order valence-electron chi connectivity index (χ4n) is 2.95. The Kier molecular flexibility index (Phi) is 4.41. The molecule has 120 valence electrons. The maximum Gasteiger partial charge on any atom is 0.336 e. The molecule has 3 heterocycles. The van der Waals surface area contributed by atoms with Gasteiger partial charge in [-0.2, -0.15) is 5.10 Å². The molecule has 1 aliphatic rings. The van der Waals surface area contributed by atoms with Crippen LogP contribution in [-0.2, 0) is 9.53 Å². The van der Waals surface area contributed by atoms with E-state index in [1.54, 1.807) is 18.6 Å². The Morgan fingerprint density at radius 3 is 2.91 bits per heavy atom. The van der Waals surface area contributed by atoms with Gasteiger partial charge in [0, 0.05) is 29.6 Å². The third kappa shape index (κ3) is 2.84. The predicted molar refractivity (Wildman–Crippen MR) is 86.9 cm³/mol. The molecule has 0 saturated heterocycles. The number of hydrogen-bond acceptors (Lipinski definition) is 5. The fourth-order valence-corrected chi connectivity index (χ4v) is 2.95. The predicted octanol–water partition coefficient (Wildman–Crippen LogP) is 2.98. The highest BCUT2D eigenvalue weighted by molar-refractivity contribution is 5.94. The molecule has 6 nitrogen and oxygen atoms in total. The van der Waals surface area contributed by atoms with Gasteiger partial charge in [-0.15, -0.1) is 0 Å². The number of rotatable bonds is 5. The van der Waals surface area contributed by atoms with Gasteiger partial charge >= 0.3 is 5.97 Å². The molecule has 2 aromatic heterocycles. The van der Waals surface area contributed by atoms with Crippen LogP contribution in [0.15, 0.2) is 42.0 Å². The maximum atomic E-state index is 12.6. The summed E-state index contributed by atoms with van der Waals surface area (Å²) < 4.78 is 5.31. The number of anilines is 1. The van der Waals surface area contributed by atoms with Crippen molar-refractivity contribution < 1.29 is 9.53 Å². The minimum absolute atomic E-state index is 0.223. The standard InChI is InChI=1S/C17H20N4O2/c1-3-6-13-15(17(22)23-4-2)14(11-7-5-8-18-9-11)12-10-19-21-16(12)20-13/h5,7-10,14H,3-4,6H2,1-2H3,(H2,19,20,21). The molecule has 1 unspecified atom stereocenters. The molecule has 0 aromatic carbocycles. The van der Waals surface area contributed by atoms with E-state index in [0.717, 1.165) is 35.5 Å². The van der Waals surface area contributed by atoms with Gasteiger partial charge in [-0.3, -0.25) is 10.1 Å². The number of nitrogens with zero attached hydrogens (tertiary/aromatic N) is 2. The lowest BCUT2D eigenvalue weighted by Crippen LogP contribution is -2.25. The van der Waals surface area contributed by atoms with Crippen molar-refractivity contribution in [3.8, 4) is 0 Å². The lowest BCUT2D eigenvalue weighted by Gasteiger charge is -2.28. The zero-order valence-electron chi connectivity index (χ0n) is 13.3. The normalized spacial score (nSPS) is 16.7. The smallest absolute Gasteiger partial charge is 0.336 e. The van der Waals surface area contributed by atoms with Gasteiger partial charge in [0.1, 0.15) is 5.82 Å². The number of esters is 1. The van der Waals surface area contributed by atoms with Crippen LogP contribution in [0.2, 0.25) is 0 Å². The van der Waals surface area contributed by atoms with Gasteiger partial charge in [-0.05, 0) is 25.0 Å². The first-order chi connectivity index (χ1) is 11.3. The monoisotopic (exact) mass is 312 g/mol. The molecule has 1 atom stereocenters. The molecule has 3 rings (SSSR count). The average Bonchev–Trinajstić information content (AvgIpc) is 3.03. The Bertz CT molecular complexity index is 721. The first kappa shape index (κ1) is 15.3. The summed E-state index contributed by atoms with van der Waals surface area (Å²) in [5.74, 6) is 0.318. The number of carbonyl (C=O) groups is 1. The summed E-state index contributed by atoms with van der Waals surface area (Å²) in [6.45, 7) is 4.25. The van der Waals surface area contributed by atoms with Crippen LogP contribution in [0.1, 0.15) is 43.7 Å². The minimum Gasteiger partial charge on any atom is -0.463 e. The molecular formula is C17H20N4O2. The lowest BCUT2D eigenvalue weighted by atomic mass is 9.82. The van der Waals surface area contributed by atoms with E-state index in [1.807, 2.05) is 19.1 Å². The van der Waals surface area contributed by atoms with Gasteiger partial charge in [-0.1, -0.05) is 19.4 Å². The number of carbonyl (C=O) groups excluding carboxylic acids is 1. The summed E-state index contributed by atoms with van der Waals surface area (Å²) in [7, 11) is 0. The number of fused-ring (bicyclic) bond motifs is 1. The van der Waals surface area contributed by atoms with Crippen LogP contribution >= 0.6 is 0 Å². The highest BCUT2D eigenvalue weighted by Gasteiger charge is 2.35. The quantitative estimate of drug-likeness (QED) is 0.830. The maximum absolute atomic E-state index is 12.6. The van der Waals surface area contributed by atoms with Crippen molar-refractivity contribution in [3.63, 3.8) is 0 Å². The fraction of sp³-hybridized carbons (Fsp3) is 0.353. The first-order valence-corrected chi connectivity index (χ1v) is 7.86. The van der Waals surface area contributed by atoms with E-state index in [2.05, 4.69) is 27.4 Å². The second-order valence-corrected chi connectivity index (χ2v) is 5.41. The molecule has 6 heteroatoms. The second-order valence-electron chi connectivity index (χ2n) is 5.41. The lowest BCUT2D eigenvalue weighted by molar-refractivity contribution is -0.138. The van der Waals surface area contributed by atoms with Gasteiger partial charge in [0.25, 0.3) is 0 Å². The summed E-state index contributed by atoms with van der Waals surface area (Å²) in [6.07, 6.45) is 6.96. The minimum atomic E-state index is -0.288. The van der Waals surface area contributed by atoms with E-state index in [9.17, 15) is 4.79 Å². The molecule has 23 heavy (non-hydrogen) atoms. The van der Waals surface area contributed by atoms with Crippen LogP contribution in [-0.4, -0.2) is 27.8 Å². The summed E-state index contributed by atoms with van der Waals surface area (Å²) in [5, 5.41) is 10.4. The van der Waals surface area contributed by atoms with Crippen LogP contribution in [0.25, 0.3) is 0 Å². The number of hydrogen-bond donors (Lipinski definition) is 2. The van der Waals surface area contributed by atoms with E-state index < -0.39 is 0 Å². The largest absolute Gasteiger partial charge is 0.463 e. The van der Waals surface area contributed by atoms with Crippen molar-refractivity contribution in [2.24, 2.45) is 0 Å². The number of nitrogens with one attached hydrogen (secondary N) is 2. The van der Waals surface area contributed by atoms with E-state index >= 15 is 0 Å². The van der Waals surface area contributed by atoms with Crippen LogP contribution in [0.4, 0.5) is 5.82 Å². The first-order valence-electron chi connectivity index (χ1n) is 7.86. The highest BCUT2D eigenvalue weighted by Crippen LogP contribution is 2.41. The van der Waals surface area contributed by atoms with E-state index in [-0.39, 0.29) is 11.9 Å². The highest BCUT2D eigenvalue weighted by atomic mass is 16.5. The van der Waals surface area contributed by atoms with Crippen molar-refractivity contribution >= 4 is 11.8 Å². The van der Waals surface area contributed by atoms with Gasteiger partial charge in [-0.25, -0.2) is 4.79 Å². The van der Waals surface area contributed by atoms with Gasteiger partial charge in [0.15, 0.2) is 0 Å². The van der Waals surface area contributed by atoms with E-state index in [1.165, 1.54) is 0 Å².